The minimum atomic E-state index is -0.0656. The van der Waals surface area contributed by atoms with Gasteiger partial charge in [0, 0.05) is 0 Å². The van der Waals surface area contributed by atoms with Gasteiger partial charge in [-0.1, -0.05) is 5.92 Å². The lowest BCUT2D eigenvalue weighted by Crippen LogP contribution is -2.19. The fourth-order valence-electron chi connectivity index (χ4n) is 1.10. The van der Waals surface area contributed by atoms with Gasteiger partial charge in [-0.15, -0.1) is 17.8 Å². The average molecular weight is 190 g/mol. The Morgan fingerprint density at radius 1 is 1.69 bits per heavy atom. The van der Waals surface area contributed by atoms with Crippen LogP contribution in [0.25, 0.3) is 10.2 Å². The second-order valence-corrected chi connectivity index (χ2v) is 3.42. The van der Waals surface area contributed by atoms with Crippen LogP contribution in [0.1, 0.15) is 0 Å². The van der Waals surface area contributed by atoms with Gasteiger partial charge in [0.25, 0.3) is 5.56 Å². The first-order valence-corrected chi connectivity index (χ1v) is 4.57. The molecule has 2 aromatic rings. The predicted octanol–water partition coefficient (Wildman–Crippen LogP) is 1.09. The van der Waals surface area contributed by atoms with Gasteiger partial charge in [0.15, 0.2) is 0 Å². The maximum atomic E-state index is 11.6. The van der Waals surface area contributed by atoms with Crippen molar-refractivity contribution in [2.24, 2.45) is 0 Å². The lowest BCUT2D eigenvalue weighted by molar-refractivity contribution is 0.784. The first kappa shape index (κ1) is 8.02. The Labute approximate surface area is 78.7 Å². The molecule has 0 amide bonds. The largest absolute Gasteiger partial charge is 0.287 e. The summed E-state index contributed by atoms with van der Waals surface area (Å²) >= 11 is 1.45. The van der Waals surface area contributed by atoms with E-state index >= 15 is 0 Å². The second kappa shape index (κ2) is 3.04. The van der Waals surface area contributed by atoms with Crippen LogP contribution in [0.2, 0.25) is 0 Å². The van der Waals surface area contributed by atoms with Crippen molar-refractivity contribution in [2.45, 2.75) is 6.54 Å². The Hall–Kier alpha value is -1.60. The number of hydrogen-bond donors (Lipinski definition) is 0. The molecule has 0 aromatic carbocycles. The Kier molecular flexibility index (Phi) is 1.87. The summed E-state index contributed by atoms with van der Waals surface area (Å²) in [5, 5.41) is 2.49. The highest BCUT2D eigenvalue weighted by Crippen LogP contribution is 2.12. The van der Waals surface area contributed by atoms with Gasteiger partial charge in [-0.2, -0.15) is 0 Å². The van der Waals surface area contributed by atoms with E-state index in [1.54, 1.807) is 6.07 Å². The molecule has 0 saturated heterocycles. The summed E-state index contributed by atoms with van der Waals surface area (Å²) in [7, 11) is 0. The van der Waals surface area contributed by atoms with Crippen molar-refractivity contribution in [3.63, 3.8) is 0 Å². The fourth-order valence-corrected chi connectivity index (χ4v) is 1.83. The van der Waals surface area contributed by atoms with Crippen LogP contribution in [0, 0.1) is 12.3 Å². The van der Waals surface area contributed by atoms with E-state index in [2.05, 4.69) is 10.9 Å². The molecule has 2 heterocycles. The van der Waals surface area contributed by atoms with Crippen molar-refractivity contribution in [2.75, 3.05) is 0 Å². The molecule has 0 unspecified atom stereocenters. The van der Waals surface area contributed by atoms with Crippen LogP contribution in [0.15, 0.2) is 22.6 Å². The van der Waals surface area contributed by atoms with Gasteiger partial charge in [0.05, 0.1) is 18.3 Å². The zero-order chi connectivity index (χ0) is 9.26. The number of nitrogens with zero attached hydrogens (tertiary/aromatic N) is 2. The summed E-state index contributed by atoms with van der Waals surface area (Å²) in [6.45, 7) is 0.275. The number of thiophene rings is 1. The summed E-state index contributed by atoms with van der Waals surface area (Å²) in [5.41, 5.74) is -0.0656. The van der Waals surface area contributed by atoms with Crippen molar-refractivity contribution < 1.29 is 0 Å². The zero-order valence-electron chi connectivity index (χ0n) is 6.73. The number of rotatable bonds is 1. The number of hydrogen-bond acceptors (Lipinski definition) is 3. The molecule has 3 nitrogen and oxygen atoms in total. The molecule has 0 aliphatic carbocycles. The van der Waals surface area contributed by atoms with Crippen molar-refractivity contribution in [3.8, 4) is 12.3 Å². The number of fused-ring (bicyclic) bond motifs is 1. The topological polar surface area (TPSA) is 34.9 Å². The minimum Gasteiger partial charge on any atom is -0.287 e. The van der Waals surface area contributed by atoms with Gasteiger partial charge < -0.3 is 0 Å². The molecule has 0 spiro atoms. The predicted molar refractivity (Wildman–Crippen MR) is 52.7 cm³/mol. The lowest BCUT2D eigenvalue weighted by atomic mass is 10.4. The van der Waals surface area contributed by atoms with Crippen molar-refractivity contribution in [3.05, 3.63) is 28.1 Å². The third-order valence-electron chi connectivity index (χ3n) is 1.71. The fraction of sp³-hybridized carbons (Fsp3) is 0.111. The van der Waals surface area contributed by atoms with Gasteiger partial charge in [-0.05, 0) is 11.4 Å². The Morgan fingerprint density at radius 3 is 3.31 bits per heavy atom. The third-order valence-corrected chi connectivity index (χ3v) is 2.53. The molecule has 0 radical (unpaired) electrons. The molecule has 4 heteroatoms. The summed E-state index contributed by atoms with van der Waals surface area (Å²) in [6, 6.07) is 1.77. The average Bonchev–Trinajstić information content (AvgIpc) is 2.58. The molecule has 0 fully saturated rings. The van der Waals surface area contributed by atoms with Crippen LogP contribution >= 0.6 is 11.3 Å². The van der Waals surface area contributed by atoms with Gasteiger partial charge in [-0.25, -0.2) is 4.98 Å². The van der Waals surface area contributed by atoms with E-state index < -0.39 is 0 Å². The first-order chi connectivity index (χ1) is 6.33. The molecular weight excluding hydrogens is 184 g/mol. The molecule has 0 saturated carbocycles. The molecule has 0 atom stereocenters. The van der Waals surface area contributed by atoms with Crippen molar-refractivity contribution >= 4 is 21.6 Å². The SMILES string of the molecule is C#CCn1cnc2sccc2c1=O. The Morgan fingerprint density at radius 2 is 2.54 bits per heavy atom. The number of terminal acetylenes is 1. The van der Waals surface area contributed by atoms with Crippen LogP contribution in [-0.2, 0) is 6.54 Å². The van der Waals surface area contributed by atoms with Gasteiger partial charge in [0.2, 0.25) is 0 Å². The smallest absolute Gasteiger partial charge is 0.262 e. The standard InChI is InChI=1S/C9H6N2OS/c1-2-4-11-6-10-8-7(9(11)12)3-5-13-8/h1,3,5-6H,4H2. The normalized spacial score (nSPS) is 10.1. The van der Waals surface area contributed by atoms with Gasteiger partial charge >= 0.3 is 0 Å². The van der Waals surface area contributed by atoms with E-state index in [1.807, 2.05) is 5.38 Å². The molecule has 0 aliphatic rings. The molecule has 2 rings (SSSR count). The highest BCUT2D eigenvalue weighted by atomic mass is 32.1. The summed E-state index contributed by atoms with van der Waals surface area (Å²) < 4.78 is 1.43. The quantitative estimate of drug-likeness (QED) is 0.631. The van der Waals surface area contributed by atoms with E-state index in [-0.39, 0.29) is 12.1 Å². The summed E-state index contributed by atoms with van der Waals surface area (Å²) in [6.07, 6.45) is 6.60. The van der Waals surface area contributed by atoms with Crippen LogP contribution < -0.4 is 5.56 Å². The molecule has 0 N–H and O–H groups in total. The number of aromatic nitrogens is 2. The Bertz CT molecular complexity index is 532. The Balaban J connectivity index is 2.75. The van der Waals surface area contributed by atoms with Gasteiger partial charge in [0.1, 0.15) is 4.83 Å². The van der Waals surface area contributed by atoms with E-state index in [4.69, 9.17) is 6.42 Å². The molecule has 2 aromatic heterocycles. The summed E-state index contributed by atoms with van der Waals surface area (Å²) in [4.78, 5) is 16.5. The lowest BCUT2D eigenvalue weighted by Gasteiger charge is -1.97. The molecule has 0 bridgehead atoms. The van der Waals surface area contributed by atoms with Gasteiger partial charge in [-0.3, -0.25) is 9.36 Å². The highest BCUT2D eigenvalue weighted by Gasteiger charge is 2.02. The van der Waals surface area contributed by atoms with E-state index in [0.29, 0.717) is 5.39 Å². The second-order valence-electron chi connectivity index (χ2n) is 2.52. The van der Waals surface area contributed by atoms with Crippen LogP contribution in [0.5, 0.6) is 0 Å². The molecule has 64 valence electrons. The molecule has 0 aliphatic heterocycles. The maximum Gasteiger partial charge on any atom is 0.262 e. The van der Waals surface area contributed by atoms with Crippen LogP contribution in [0.3, 0.4) is 0 Å². The van der Waals surface area contributed by atoms with Crippen LogP contribution in [0.4, 0.5) is 0 Å². The monoisotopic (exact) mass is 190 g/mol. The van der Waals surface area contributed by atoms with E-state index in [0.717, 1.165) is 4.83 Å². The van der Waals surface area contributed by atoms with Crippen molar-refractivity contribution in [1.82, 2.24) is 9.55 Å². The van der Waals surface area contributed by atoms with Crippen molar-refractivity contribution in [1.29, 1.82) is 0 Å². The first-order valence-electron chi connectivity index (χ1n) is 3.69. The van der Waals surface area contributed by atoms with E-state index in [9.17, 15) is 4.79 Å². The van der Waals surface area contributed by atoms with E-state index in [1.165, 1.54) is 22.2 Å². The molecular formula is C9H6N2OS. The minimum absolute atomic E-state index is 0.0656. The zero-order valence-corrected chi connectivity index (χ0v) is 7.54. The maximum absolute atomic E-state index is 11.6. The highest BCUT2D eigenvalue weighted by molar-refractivity contribution is 7.16. The van der Waals surface area contributed by atoms with Crippen LogP contribution in [-0.4, -0.2) is 9.55 Å². The summed E-state index contributed by atoms with van der Waals surface area (Å²) in [5.74, 6) is 2.41. The third kappa shape index (κ3) is 1.23. The molecule has 13 heavy (non-hydrogen) atoms.